The van der Waals surface area contributed by atoms with Gasteiger partial charge in [-0.1, -0.05) is 24.6 Å². The molecule has 2 aliphatic heterocycles. The van der Waals surface area contributed by atoms with E-state index in [1.807, 2.05) is 17.0 Å². The molecule has 0 radical (unpaired) electrons. The lowest BCUT2D eigenvalue weighted by atomic mass is 10.1. The first kappa shape index (κ1) is 20.0. The highest BCUT2D eigenvalue weighted by molar-refractivity contribution is 5.74. The van der Waals surface area contributed by atoms with Crippen molar-refractivity contribution >= 4 is 6.03 Å². The largest absolute Gasteiger partial charge is 0.490 e. The number of amides is 2. The third-order valence-electron chi connectivity index (χ3n) is 5.58. The molecule has 2 amide bonds. The first-order valence-corrected chi connectivity index (χ1v) is 10.2. The van der Waals surface area contributed by atoms with E-state index in [2.05, 4.69) is 36.2 Å². The molecular weight excluding hydrogens is 342 g/mol. The maximum atomic E-state index is 12.5. The Balaban J connectivity index is 1.39. The Morgan fingerprint density at radius 1 is 1.19 bits per heavy atom. The number of likely N-dealkylation sites (tertiary alicyclic amines) is 1. The number of morpholine rings is 1. The molecule has 6 heteroatoms. The summed E-state index contributed by atoms with van der Waals surface area (Å²) < 4.78 is 11.5. The summed E-state index contributed by atoms with van der Waals surface area (Å²) in [5, 5.41) is 3.14. The fraction of sp³-hybridized carbons (Fsp3) is 0.667. The van der Waals surface area contributed by atoms with E-state index in [1.165, 1.54) is 5.56 Å². The minimum absolute atomic E-state index is 0.0514. The van der Waals surface area contributed by atoms with Gasteiger partial charge >= 0.3 is 6.03 Å². The van der Waals surface area contributed by atoms with Crippen molar-refractivity contribution in [1.29, 1.82) is 0 Å². The number of urea groups is 1. The van der Waals surface area contributed by atoms with Crippen LogP contribution in [-0.4, -0.2) is 73.9 Å². The molecule has 1 atom stereocenters. The molecule has 3 rings (SSSR count). The summed E-state index contributed by atoms with van der Waals surface area (Å²) in [5.41, 5.74) is 1.23. The molecule has 1 aromatic rings. The average Bonchev–Trinajstić information content (AvgIpc) is 2.71. The van der Waals surface area contributed by atoms with Gasteiger partial charge in [0.2, 0.25) is 0 Å². The van der Waals surface area contributed by atoms with Gasteiger partial charge in [-0.15, -0.1) is 0 Å². The van der Waals surface area contributed by atoms with Crippen LogP contribution in [0.3, 0.4) is 0 Å². The van der Waals surface area contributed by atoms with E-state index in [0.29, 0.717) is 12.6 Å². The van der Waals surface area contributed by atoms with Crippen LogP contribution in [-0.2, 0) is 4.74 Å². The predicted octanol–water partition coefficient (Wildman–Crippen LogP) is 2.66. The number of piperidine rings is 1. The number of benzene rings is 1. The van der Waals surface area contributed by atoms with E-state index < -0.39 is 0 Å². The van der Waals surface area contributed by atoms with E-state index in [4.69, 9.17) is 9.47 Å². The highest BCUT2D eigenvalue weighted by Gasteiger charge is 2.25. The summed E-state index contributed by atoms with van der Waals surface area (Å²) in [6.07, 6.45) is 2.98. The minimum Gasteiger partial charge on any atom is -0.490 e. The van der Waals surface area contributed by atoms with Crippen molar-refractivity contribution in [2.24, 2.45) is 0 Å². The third kappa shape index (κ3) is 5.84. The van der Waals surface area contributed by atoms with Gasteiger partial charge in [0, 0.05) is 51.6 Å². The van der Waals surface area contributed by atoms with Gasteiger partial charge in [0.15, 0.2) is 0 Å². The van der Waals surface area contributed by atoms with Gasteiger partial charge in [-0.05, 0) is 25.5 Å². The Kier molecular flexibility index (Phi) is 7.35. The zero-order valence-corrected chi connectivity index (χ0v) is 16.7. The van der Waals surface area contributed by atoms with Gasteiger partial charge in [-0.2, -0.15) is 0 Å². The van der Waals surface area contributed by atoms with Crippen LogP contribution in [0.5, 0.6) is 5.75 Å². The van der Waals surface area contributed by atoms with Crippen LogP contribution in [0.25, 0.3) is 0 Å². The lowest BCUT2D eigenvalue weighted by molar-refractivity contribution is 0.0160. The van der Waals surface area contributed by atoms with Gasteiger partial charge in [0.25, 0.3) is 0 Å². The molecule has 0 spiro atoms. The Morgan fingerprint density at radius 3 is 2.48 bits per heavy atom. The first-order chi connectivity index (χ1) is 13.2. The highest BCUT2D eigenvalue weighted by atomic mass is 16.5. The molecule has 0 aliphatic carbocycles. The summed E-state index contributed by atoms with van der Waals surface area (Å²) in [7, 11) is 0. The Morgan fingerprint density at radius 2 is 1.85 bits per heavy atom. The van der Waals surface area contributed by atoms with Crippen LogP contribution in [0.15, 0.2) is 24.3 Å². The summed E-state index contributed by atoms with van der Waals surface area (Å²) in [4.78, 5) is 16.9. The summed E-state index contributed by atoms with van der Waals surface area (Å²) in [6, 6.07) is 8.61. The molecule has 2 saturated heterocycles. The zero-order valence-electron chi connectivity index (χ0n) is 16.7. The number of hydrogen-bond donors (Lipinski definition) is 1. The van der Waals surface area contributed by atoms with Crippen molar-refractivity contribution in [3.63, 3.8) is 0 Å². The number of hydrogen-bond acceptors (Lipinski definition) is 4. The summed E-state index contributed by atoms with van der Waals surface area (Å²) in [6.45, 7) is 9.94. The molecule has 6 nitrogen and oxygen atoms in total. The van der Waals surface area contributed by atoms with E-state index in [1.54, 1.807) is 0 Å². The molecule has 0 saturated carbocycles. The van der Waals surface area contributed by atoms with Crippen LogP contribution in [0.1, 0.15) is 31.7 Å². The van der Waals surface area contributed by atoms with E-state index in [9.17, 15) is 4.79 Å². The lowest BCUT2D eigenvalue weighted by Crippen LogP contribution is -2.52. The lowest BCUT2D eigenvalue weighted by Gasteiger charge is -2.35. The van der Waals surface area contributed by atoms with Crippen LogP contribution < -0.4 is 10.1 Å². The van der Waals surface area contributed by atoms with Crippen molar-refractivity contribution in [3.8, 4) is 5.75 Å². The van der Waals surface area contributed by atoms with Gasteiger partial charge < -0.3 is 19.7 Å². The number of nitrogens with zero attached hydrogens (tertiary/aromatic N) is 2. The van der Waals surface area contributed by atoms with E-state index >= 15 is 0 Å². The fourth-order valence-corrected chi connectivity index (χ4v) is 3.78. The van der Waals surface area contributed by atoms with Crippen molar-refractivity contribution < 1.29 is 14.3 Å². The molecule has 0 aromatic heterocycles. The molecule has 27 heavy (non-hydrogen) atoms. The molecule has 2 aliphatic rings. The second-order valence-corrected chi connectivity index (χ2v) is 7.51. The topological polar surface area (TPSA) is 54.0 Å². The number of nitrogens with one attached hydrogen (secondary N) is 1. The van der Waals surface area contributed by atoms with Crippen LogP contribution >= 0.6 is 0 Å². The van der Waals surface area contributed by atoms with Crippen LogP contribution in [0, 0.1) is 6.92 Å². The average molecular weight is 376 g/mol. The number of aryl methyl sites for hydroxylation is 1. The molecule has 0 unspecified atom stereocenters. The van der Waals surface area contributed by atoms with Crippen molar-refractivity contribution in [1.82, 2.24) is 15.1 Å². The fourth-order valence-electron chi connectivity index (χ4n) is 3.78. The molecule has 2 fully saturated rings. The number of rotatable bonds is 6. The van der Waals surface area contributed by atoms with Gasteiger partial charge in [-0.25, -0.2) is 4.79 Å². The maximum absolute atomic E-state index is 12.5. The van der Waals surface area contributed by atoms with Gasteiger partial charge in [0.1, 0.15) is 11.9 Å². The van der Waals surface area contributed by atoms with Gasteiger partial charge in [-0.3, -0.25) is 4.90 Å². The smallest absolute Gasteiger partial charge is 0.317 e. The zero-order chi connectivity index (χ0) is 19.1. The number of ether oxygens (including phenoxy) is 2. The summed E-state index contributed by atoms with van der Waals surface area (Å²) >= 11 is 0. The SMILES string of the molecule is CC[C@@H](CNC(=O)N1CCC(Oc2ccc(C)cc2)CC1)N1CCOCC1. The monoisotopic (exact) mass is 375 g/mol. The molecule has 1 N–H and O–H groups in total. The second kappa shape index (κ2) is 9.95. The van der Waals surface area contributed by atoms with Crippen molar-refractivity contribution in [3.05, 3.63) is 29.8 Å². The Labute approximate surface area is 162 Å². The summed E-state index contributed by atoms with van der Waals surface area (Å²) in [5.74, 6) is 0.916. The Hall–Kier alpha value is -1.79. The normalized spacial score (nSPS) is 20.3. The minimum atomic E-state index is 0.0514. The van der Waals surface area contributed by atoms with E-state index in [-0.39, 0.29) is 12.1 Å². The predicted molar refractivity (Wildman–Crippen MR) is 106 cm³/mol. The van der Waals surface area contributed by atoms with Crippen LogP contribution in [0.2, 0.25) is 0 Å². The molecule has 1 aromatic carbocycles. The second-order valence-electron chi connectivity index (χ2n) is 7.51. The first-order valence-electron chi connectivity index (χ1n) is 10.2. The number of carbonyl (C=O) groups is 1. The number of carbonyl (C=O) groups excluding carboxylic acids is 1. The third-order valence-corrected chi connectivity index (χ3v) is 5.58. The molecular formula is C21H33N3O3. The quantitative estimate of drug-likeness (QED) is 0.831. The van der Waals surface area contributed by atoms with Crippen molar-refractivity contribution in [2.75, 3.05) is 45.9 Å². The maximum Gasteiger partial charge on any atom is 0.317 e. The molecule has 150 valence electrons. The molecule has 0 bridgehead atoms. The van der Waals surface area contributed by atoms with Crippen molar-refractivity contribution in [2.45, 2.75) is 45.3 Å². The standard InChI is InChI=1S/C21H33N3O3/c1-3-18(23-12-14-26-15-13-23)16-22-21(25)24-10-8-20(9-11-24)27-19-6-4-17(2)5-7-19/h4-7,18,20H,3,8-16H2,1-2H3,(H,22,25)/t18-/m0/s1. The van der Waals surface area contributed by atoms with Gasteiger partial charge in [0.05, 0.1) is 13.2 Å². The highest BCUT2D eigenvalue weighted by Crippen LogP contribution is 2.19. The molecule has 2 heterocycles. The Bertz CT molecular complexity index is 579. The van der Waals surface area contributed by atoms with E-state index in [0.717, 1.165) is 64.4 Å². The van der Waals surface area contributed by atoms with Crippen LogP contribution in [0.4, 0.5) is 4.79 Å².